The average Bonchev–Trinajstić information content (AvgIpc) is 2.51. The lowest BCUT2D eigenvalue weighted by Gasteiger charge is -2.17. The van der Waals surface area contributed by atoms with Gasteiger partial charge >= 0.3 is 0 Å². The summed E-state index contributed by atoms with van der Waals surface area (Å²) in [5.41, 5.74) is 2.87. The molecule has 2 aromatic carbocycles. The van der Waals surface area contributed by atoms with Gasteiger partial charge in [0.05, 0.1) is 6.10 Å². The van der Waals surface area contributed by atoms with Crippen LogP contribution in [-0.2, 0) is 4.79 Å². The van der Waals surface area contributed by atoms with Crippen molar-refractivity contribution in [2.45, 2.75) is 46.8 Å². The second-order valence-corrected chi connectivity index (χ2v) is 6.14. The maximum atomic E-state index is 12.4. The van der Waals surface area contributed by atoms with Crippen molar-refractivity contribution in [1.82, 2.24) is 0 Å². The highest BCUT2D eigenvalue weighted by molar-refractivity contribution is 5.94. The number of hydrogen-bond acceptors (Lipinski definition) is 3. The molecule has 1 amide bonds. The topological polar surface area (TPSA) is 47.6 Å². The van der Waals surface area contributed by atoms with Gasteiger partial charge in [0.2, 0.25) is 0 Å². The van der Waals surface area contributed by atoms with Crippen molar-refractivity contribution in [2.24, 2.45) is 0 Å². The number of amides is 1. The number of aryl methyl sites for hydroxylation is 1. The van der Waals surface area contributed by atoms with Gasteiger partial charge in [-0.1, -0.05) is 18.2 Å². The van der Waals surface area contributed by atoms with E-state index in [1.807, 2.05) is 70.2 Å². The molecule has 128 valence electrons. The Kier molecular flexibility index (Phi) is 5.85. The summed E-state index contributed by atoms with van der Waals surface area (Å²) in [5, 5.41) is 2.87. The van der Waals surface area contributed by atoms with E-state index in [-0.39, 0.29) is 12.0 Å². The fourth-order valence-electron chi connectivity index (χ4n) is 2.26. The predicted octanol–water partition coefficient (Wildman–Crippen LogP) is 4.50. The van der Waals surface area contributed by atoms with E-state index in [1.165, 1.54) is 0 Å². The van der Waals surface area contributed by atoms with Gasteiger partial charge < -0.3 is 14.8 Å². The lowest BCUT2D eigenvalue weighted by molar-refractivity contribution is -0.122. The van der Waals surface area contributed by atoms with Gasteiger partial charge in [-0.15, -0.1) is 0 Å². The Hall–Kier alpha value is -2.49. The van der Waals surface area contributed by atoms with Crippen LogP contribution in [0.25, 0.3) is 0 Å². The van der Waals surface area contributed by atoms with Crippen molar-refractivity contribution < 1.29 is 14.3 Å². The van der Waals surface area contributed by atoms with Crippen molar-refractivity contribution in [3.05, 3.63) is 53.6 Å². The summed E-state index contributed by atoms with van der Waals surface area (Å²) in [6.45, 7) is 9.68. The molecule has 0 aliphatic carbocycles. The van der Waals surface area contributed by atoms with Crippen LogP contribution in [0.5, 0.6) is 11.5 Å². The molecular weight excluding hydrogens is 302 g/mol. The third kappa shape index (κ3) is 4.75. The Balaban J connectivity index is 2.02. The van der Waals surface area contributed by atoms with Crippen LogP contribution < -0.4 is 14.8 Å². The molecule has 2 rings (SSSR count). The average molecular weight is 327 g/mol. The summed E-state index contributed by atoms with van der Waals surface area (Å²) in [6.07, 6.45) is -0.511. The second kappa shape index (κ2) is 7.86. The molecule has 24 heavy (non-hydrogen) atoms. The first kappa shape index (κ1) is 17.9. The molecule has 0 spiro atoms. The summed E-state index contributed by atoms with van der Waals surface area (Å²) in [6, 6.07) is 13.2. The minimum atomic E-state index is -0.597. The molecule has 1 N–H and O–H groups in total. The molecule has 0 aliphatic rings. The molecular formula is C20H25NO3. The zero-order valence-electron chi connectivity index (χ0n) is 14.9. The van der Waals surface area contributed by atoms with Crippen LogP contribution in [0, 0.1) is 13.8 Å². The Morgan fingerprint density at radius 3 is 2.42 bits per heavy atom. The number of anilines is 1. The summed E-state index contributed by atoms with van der Waals surface area (Å²) in [7, 11) is 0. The predicted molar refractivity (Wildman–Crippen MR) is 96.8 cm³/mol. The number of carbonyl (C=O) groups is 1. The monoisotopic (exact) mass is 327 g/mol. The molecule has 4 nitrogen and oxygen atoms in total. The SMILES string of the molecule is Cc1cccc(O[C@@H](C)C(=O)Nc2cccc(OC(C)C)c2)c1C. The van der Waals surface area contributed by atoms with Crippen LogP contribution in [0.3, 0.4) is 0 Å². The first-order valence-electron chi connectivity index (χ1n) is 8.17. The quantitative estimate of drug-likeness (QED) is 0.850. The molecule has 0 fully saturated rings. The highest BCUT2D eigenvalue weighted by atomic mass is 16.5. The molecule has 0 saturated heterocycles. The Morgan fingerprint density at radius 1 is 1.00 bits per heavy atom. The number of hydrogen-bond donors (Lipinski definition) is 1. The Morgan fingerprint density at radius 2 is 1.71 bits per heavy atom. The molecule has 0 saturated carbocycles. The van der Waals surface area contributed by atoms with E-state index in [0.29, 0.717) is 5.69 Å². The number of benzene rings is 2. The van der Waals surface area contributed by atoms with E-state index < -0.39 is 6.10 Å². The molecule has 4 heteroatoms. The molecule has 2 aromatic rings. The first-order chi connectivity index (χ1) is 11.4. The fourth-order valence-corrected chi connectivity index (χ4v) is 2.26. The zero-order valence-corrected chi connectivity index (χ0v) is 14.9. The van der Waals surface area contributed by atoms with E-state index in [9.17, 15) is 4.79 Å². The Labute approximate surface area is 143 Å². The van der Waals surface area contributed by atoms with Gasteiger partial charge in [0, 0.05) is 11.8 Å². The maximum absolute atomic E-state index is 12.4. The smallest absolute Gasteiger partial charge is 0.265 e. The van der Waals surface area contributed by atoms with Crippen LogP contribution in [-0.4, -0.2) is 18.1 Å². The van der Waals surface area contributed by atoms with E-state index in [1.54, 1.807) is 6.92 Å². The molecule has 0 aliphatic heterocycles. The van der Waals surface area contributed by atoms with Crippen molar-refractivity contribution in [3.8, 4) is 11.5 Å². The molecule has 0 bridgehead atoms. The molecule has 0 unspecified atom stereocenters. The van der Waals surface area contributed by atoms with E-state index >= 15 is 0 Å². The van der Waals surface area contributed by atoms with Gasteiger partial charge in [-0.05, 0) is 63.9 Å². The second-order valence-electron chi connectivity index (χ2n) is 6.14. The lowest BCUT2D eigenvalue weighted by Crippen LogP contribution is -2.30. The van der Waals surface area contributed by atoms with Gasteiger partial charge in [0.25, 0.3) is 5.91 Å². The number of rotatable bonds is 6. The van der Waals surface area contributed by atoms with Crippen LogP contribution in [0.4, 0.5) is 5.69 Å². The van der Waals surface area contributed by atoms with Gasteiger partial charge in [0.1, 0.15) is 11.5 Å². The number of nitrogens with one attached hydrogen (secondary N) is 1. The van der Waals surface area contributed by atoms with E-state index in [2.05, 4.69) is 5.32 Å². The van der Waals surface area contributed by atoms with E-state index in [0.717, 1.165) is 22.6 Å². The van der Waals surface area contributed by atoms with Crippen molar-refractivity contribution in [1.29, 1.82) is 0 Å². The fraction of sp³-hybridized carbons (Fsp3) is 0.350. The van der Waals surface area contributed by atoms with Crippen LogP contribution in [0.15, 0.2) is 42.5 Å². The highest BCUT2D eigenvalue weighted by Crippen LogP contribution is 2.23. The number of carbonyl (C=O) groups excluding carboxylic acids is 1. The van der Waals surface area contributed by atoms with Crippen LogP contribution in [0.1, 0.15) is 31.9 Å². The first-order valence-corrected chi connectivity index (χ1v) is 8.17. The molecule has 0 aromatic heterocycles. The van der Waals surface area contributed by atoms with Crippen molar-refractivity contribution in [3.63, 3.8) is 0 Å². The summed E-state index contributed by atoms with van der Waals surface area (Å²) in [4.78, 5) is 12.4. The van der Waals surface area contributed by atoms with E-state index in [4.69, 9.17) is 9.47 Å². The normalized spacial score (nSPS) is 11.9. The maximum Gasteiger partial charge on any atom is 0.265 e. The minimum Gasteiger partial charge on any atom is -0.491 e. The molecule has 1 atom stereocenters. The largest absolute Gasteiger partial charge is 0.491 e. The van der Waals surface area contributed by atoms with Gasteiger partial charge in [-0.25, -0.2) is 0 Å². The van der Waals surface area contributed by atoms with Crippen molar-refractivity contribution in [2.75, 3.05) is 5.32 Å². The summed E-state index contributed by atoms with van der Waals surface area (Å²) >= 11 is 0. The molecule has 0 heterocycles. The zero-order chi connectivity index (χ0) is 17.7. The standard InChI is InChI=1S/C20H25NO3/c1-13(2)23-18-10-7-9-17(12-18)21-20(22)16(5)24-19-11-6-8-14(3)15(19)4/h6-13,16H,1-5H3,(H,21,22)/t16-/m0/s1. The van der Waals surface area contributed by atoms with Crippen LogP contribution >= 0.6 is 0 Å². The number of ether oxygens (including phenoxy) is 2. The summed E-state index contributed by atoms with van der Waals surface area (Å²) < 4.78 is 11.5. The van der Waals surface area contributed by atoms with Gasteiger partial charge in [-0.3, -0.25) is 4.79 Å². The van der Waals surface area contributed by atoms with Crippen LogP contribution in [0.2, 0.25) is 0 Å². The van der Waals surface area contributed by atoms with Gasteiger partial charge in [0.15, 0.2) is 6.10 Å². The molecule has 0 radical (unpaired) electrons. The minimum absolute atomic E-state index is 0.0857. The highest BCUT2D eigenvalue weighted by Gasteiger charge is 2.16. The summed E-state index contributed by atoms with van der Waals surface area (Å²) in [5.74, 6) is 1.26. The Bertz CT molecular complexity index is 710. The lowest BCUT2D eigenvalue weighted by atomic mass is 10.1. The van der Waals surface area contributed by atoms with Crippen molar-refractivity contribution >= 4 is 11.6 Å². The van der Waals surface area contributed by atoms with Gasteiger partial charge in [-0.2, -0.15) is 0 Å². The third-order valence-electron chi connectivity index (χ3n) is 3.70. The third-order valence-corrected chi connectivity index (χ3v) is 3.70.